The maximum atomic E-state index is 13.5. The predicted molar refractivity (Wildman–Crippen MR) is 276 cm³/mol. The standard InChI is InChI=1S/C48H87N9O21/c1-29(2)39(46(71)55-33(7-5-14-53-47(50)72)45(70)54-31-10-8-30(9-11-31)28-78-48(51)73)56-44(69)32(49)6-3-4-13-52-38(64)12-16-74-18-20-76-22-23-77-21-19-75-17-15-57(24-34(60)40(65)42(67)36(62)26-58)25-35(61)41(66)43(68)37(63)27-59/h8-11,29,32-37,39-43,58-63,65-68H,3-7,12-28,49H2,1-2H3,(H2,51,73)(H,52,64)(H,54,70)(H,55,71)(H,56,69)(H3,50,53,72)/t32-,33-,34-,35-,36+,37+,39-,40+,41+,42+,43+/m0/s1. The van der Waals surface area contributed by atoms with Gasteiger partial charge in [0.05, 0.1) is 84.3 Å². The van der Waals surface area contributed by atoms with Gasteiger partial charge in [0.15, 0.2) is 0 Å². The number of anilines is 1. The first-order chi connectivity index (χ1) is 37.0. The molecule has 11 atom stereocenters. The minimum atomic E-state index is -1.91. The summed E-state index contributed by atoms with van der Waals surface area (Å²) in [5, 5.41) is 112. The van der Waals surface area contributed by atoms with Crippen molar-refractivity contribution in [1.29, 1.82) is 0 Å². The van der Waals surface area contributed by atoms with Crippen molar-refractivity contribution in [1.82, 2.24) is 26.2 Å². The molecule has 0 aliphatic rings. The molecule has 0 heterocycles. The first-order valence-electron chi connectivity index (χ1n) is 25.7. The molecule has 0 radical (unpaired) electrons. The van der Waals surface area contributed by atoms with Crippen LogP contribution in [0.4, 0.5) is 15.3 Å². The van der Waals surface area contributed by atoms with Crippen molar-refractivity contribution in [2.75, 3.05) is 104 Å². The fraction of sp³-hybridized carbons (Fsp3) is 0.750. The number of hydrogen-bond donors (Lipinski definition) is 18. The highest BCUT2D eigenvalue weighted by Gasteiger charge is 2.35. The summed E-state index contributed by atoms with van der Waals surface area (Å²) < 4.78 is 26.7. The Morgan fingerprint density at radius 3 is 1.59 bits per heavy atom. The second-order valence-electron chi connectivity index (χ2n) is 18.5. The van der Waals surface area contributed by atoms with Gasteiger partial charge < -0.3 is 119 Å². The van der Waals surface area contributed by atoms with Gasteiger partial charge in [0.1, 0.15) is 55.3 Å². The molecule has 0 aliphatic carbocycles. The number of carbonyl (C=O) groups excluding carboxylic acids is 6. The lowest BCUT2D eigenvalue weighted by Crippen LogP contribution is -2.56. The fourth-order valence-corrected chi connectivity index (χ4v) is 7.10. The highest BCUT2D eigenvalue weighted by molar-refractivity contribution is 5.98. The monoisotopic (exact) mass is 1130 g/mol. The summed E-state index contributed by atoms with van der Waals surface area (Å²) in [4.78, 5) is 75.7. The number of primary amides is 2. The number of amides is 7. The van der Waals surface area contributed by atoms with Crippen molar-refractivity contribution in [3.05, 3.63) is 29.8 Å². The normalized spacial score (nSPS) is 15.9. The van der Waals surface area contributed by atoms with Crippen LogP contribution < -0.4 is 43.8 Å². The van der Waals surface area contributed by atoms with E-state index in [1.807, 2.05) is 0 Å². The summed E-state index contributed by atoms with van der Waals surface area (Å²) in [5.74, 6) is -2.42. The molecule has 7 amide bonds. The molecule has 0 saturated carbocycles. The smallest absolute Gasteiger partial charge is 0.404 e. The van der Waals surface area contributed by atoms with Gasteiger partial charge in [-0.05, 0) is 55.7 Å². The minimum Gasteiger partial charge on any atom is -0.445 e. The minimum absolute atomic E-state index is 0.0125. The molecule has 1 aromatic rings. The van der Waals surface area contributed by atoms with Crippen LogP contribution in [0.25, 0.3) is 0 Å². The Hall–Kier alpha value is -5.00. The molecule has 78 heavy (non-hydrogen) atoms. The van der Waals surface area contributed by atoms with E-state index in [1.54, 1.807) is 38.1 Å². The summed E-state index contributed by atoms with van der Waals surface area (Å²) >= 11 is 0. The molecule has 0 saturated heterocycles. The third kappa shape index (κ3) is 31.0. The van der Waals surface area contributed by atoms with Crippen LogP contribution in [0.3, 0.4) is 0 Å². The van der Waals surface area contributed by atoms with Crippen LogP contribution >= 0.6 is 0 Å². The quantitative estimate of drug-likeness (QED) is 0.0270. The molecular weight excluding hydrogens is 1040 g/mol. The molecule has 0 aliphatic heterocycles. The van der Waals surface area contributed by atoms with Crippen molar-refractivity contribution in [3.63, 3.8) is 0 Å². The summed E-state index contributed by atoms with van der Waals surface area (Å²) in [7, 11) is 0. The van der Waals surface area contributed by atoms with E-state index in [2.05, 4.69) is 26.6 Å². The van der Waals surface area contributed by atoms with E-state index in [0.717, 1.165) is 0 Å². The number of nitrogens with one attached hydrogen (secondary N) is 5. The largest absolute Gasteiger partial charge is 0.445 e. The maximum Gasteiger partial charge on any atom is 0.404 e. The molecule has 30 heteroatoms. The molecule has 1 aromatic carbocycles. The van der Waals surface area contributed by atoms with E-state index in [1.165, 1.54) is 4.90 Å². The van der Waals surface area contributed by atoms with Gasteiger partial charge in [-0.3, -0.25) is 24.1 Å². The zero-order valence-corrected chi connectivity index (χ0v) is 44.4. The molecule has 0 bridgehead atoms. The van der Waals surface area contributed by atoms with Crippen LogP contribution in [0.1, 0.15) is 57.9 Å². The highest BCUT2D eigenvalue weighted by atomic mass is 16.6. The number of ether oxygens (including phenoxy) is 5. The number of urea groups is 1. The number of nitrogens with zero attached hydrogens (tertiary/aromatic N) is 1. The van der Waals surface area contributed by atoms with Gasteiger partial charge in [0.25, 0.3) is 0 Å². The van der Waals surface area contributed by atoms with Gasteiger partial charge in [0, 0.05) is 44.8 Å². The van der Waals surface area contributed by atoms with Gasteiger partial charge in [-0.25, -0.2) is 9.59 Å². The highest BCUT2D eigenvalue weighted by Crippen LogP contribution is 2.14. The van der Waals surface area contributed by atoms with Crippen LogP contribution in [-0.2, 0) is 49.5 Å². The molecule has 1 rings (SSSR count). The Kier molecular flexibility index (Phi) is 37.4. The number of aliphatic hydroxyl groups excluding tert-OH is 10. The van der Waals surface area contributed by atoms with E-state index >= 15 is 0 Å². The van der Waals surface area contributed by atoms with Crippen LogP contribution in [0.2, 0.25) is 0 Å². The Morgan fingerprint density at radius 2 is 1.09 bits per heavy atom. The van der Waals surface area contributed by atoms with Crippen molar-refractivity contribution in [2.45, 2.75) is 126 Å². The Bertz CT molecular complexity index is 1820. The molecular formula is C48H87N9O21. The van der Waals surface area contributed by atoms with Crippen molar-refractivity contribution in [2.24, 2.45) is 23.1 Å². The molecule has 0 unspecified atom stereocenters. The van der Waals surface area contributed by atoms with Crippen LogP contribution in [-0.4, -0.2) is 257 Å². The lowest BCUT2D eigenvalue weighted by molar-refractivity contribution is -0.132. The van der Waals surface area contributed by atoms with E-state index in [4.69, 9.17) is 51.1 Å². The number of carbonyl (C=O) groups is 6. The average molecular weight is 1130 g/mol. The summed E-state index contributed by atoms with van der Waals surface area (Å²) in [5.41, 5.74) is 17.3. The predicted octanol–water partition coefficient (Wildman–Crippen LogP) is -6.46. The Labute approximate surface area is 453 Å². The SMILES string of the molecule is CC(C)[C@H](NC(=O)[C@@H](N)CCCCNC(=O)CCOCCOCCOCCOCCN(C[C@H](O)[C@@H](O)[C@H](O)[C@H](O)CO)C[C@H](O)[C@@H](O)[C@H](O)[C@H](O)CO)C(=O)N[C@@H](CCCNC(N)=O)C(=O)Nc1ccc(COC(N)=O)cc1. The van der Waals surface area contributed by atoms with Crippen LogP contribution in [0, 0.1) is 5.92 Å². The van der Waals surface area contributed by atoms with E-state index in [0.29, 0.717) is 30.6 Å². The number of nitrogens with two attached hydrogens (primary N) is 3. The Balaban J connectivity index is 2.37. The summed E-state index contributed by atoms with van der Waals surface area (Å²) in [6.45, 7) is 2.43. The van der Waals surface area contributed by atoms with Crippen molar-refractivity contribution >= 4 is 41.4 Å². The number of aliphatic hydroxyl groups is 10. The third-order valence-electron chi connectivity index (χ3n) is 11.7. The lowest BCUT2D eigenvalue weighted by atomic mass is 10.0. The molecule has 450 valence electrons. The van der Waals surface area contributed by atoms with Crippen LogP contribution in [0.15, 0.2) is 24.3 Å². The van der Waals surface area contributed by atoms with Crippen LogP contribution in [0.5, 0.6) is 0 Å². The summed E-state index contributed by atoms with van der Waals surface area (Å²) in [6, 6.07) is 2.52. The van der Waals surface area contributed by atoms with E-state index in [-0.39, 0.29) is 104 Å². The maximum absolute atomic E-state index is 13.5. The van der Waals surface area contributed by atoms with Crippen molar-refractivity contribution in [3.8, 4) is 0 Å². The molecule has 0 aromatic heterocycles. The molecule has 0 fully saturated rings. The first-order valence-corrected chi connectivity index (χ1v) is 25.7. The molecule has 30 nitrogen and oxygen atoms in total. The second-order valence-corrected chi connectivity index (χ2v) is 18.5. The number of hydrogen-bond acceptors (Lipinski definition) is 23. The van der Waals surface area contributed by atoms with E-state index < -0.39 is 129 Å². The zero-order valence-electron chi connectivity index (χ0n) is 44.4. The van der Waals surface area contributed by atoms with Gasteiger partial charge in [-0.1, -0.05) is 26.0 Å². The second kappa shape index (κ2) is 41.1. The van der Waals surface area contributed by atoms with E-state index in [9.17, 15) is 69.6 Å². The van der Waals surface area contributed by atoms with Gasteiger partial charge in [-0.15, -0.1) is 0 Å². The topological polar surface area (TPSA) is 492 Å². The van der Waals surface area contributed by atoms with Gasteiger partial charge in [0.2, 0.25) is 23.6 Å². The zero-order chi connectivity index (χ0) is 58.6. The van der Waals surface area contributed by atoms with Crippen molar-refractivity contribution < 1.29 is 104 Å². The fourth-order valence-electron chi connectivity index (χ4n) is 7.10. The molecule has 0 spiro atoms. The number of unbranched alkanes of at least 4 members (excludes halogenated alkanes) is 1. The first kappa shape index (κ1) is 71.0. The number of benzene rings is 1. The average Bonchev–Trinajstić information content (AvgIpc) is 3.40. The van der Waals surface area contributed by atoms with Gasteiger partial charge in [-0.2, -0.15) is 0 Å². The number of rotatable bonds is 45. The Morgan fingerprint density at radius 1 is 0.590 bits per heavy atom. The molecule has 21 N–H and O–H groups in total. The summed E-state index contributed by atoms with van der Waals surface area (Å²) in [6.07, 6.45) is -13.8. The lowest BCUT2D eigenvalue weighted by Gasteiger charge is -2.33. The third-order valence-corrected chi connectivity index (χ3v) is 11.7. The van der Waals surface area contributed by atoms with Gasteiger partial charge >= 0.3 is 12.1 Å².